The number of fused-ring (bicyclic) bond motifs is 1. The SMILES string of the molecule is CC(C)NS(=O)(=O)Cc1ccccc1CNc1nc2ccc(F)cc2n1C. The third-order valence-corrected chi connectivity index (χ3v) is 5.68. The maximum Gasteiger partial charge on any atom is 0.216 e. The topological polar surface area (TPSA) is 76.0 Å². The van der Waals surface area contributed by atoms with Gasteiger partial charge in [0.2, 0.25) is 16.0 Å². The van der Waals surface area contributed by atoms with Crippen LogP contribution in [0.15, 0.2) is 42.5 Å². The summed E-state index contributed by atoms with van der Waals surface area (Å²) in [6.45, 7) is 3.99. The van der Waals surface area contributed by atoms with Gasteiger partial charge >= 0.3 is 0 Å². The zero-order chi connectivity index (χ0) is 19.6. The molecule has 6 nitrogen and oxygen atoms in total. The van der Waals surface area contributed by atoms with Crippen LogP contribution in [0.4, 0.5) is 10.3 Å². The summed E-state index contributed by atoms with van der Waals surface area (Å²) >= 11 is 0. The average Bonchev–Trinajstić information content (AvgIpc) is 2.88. The summed E-state index contributed by atoms with van der Waals surface area (Å²) in [7, 11) is -1.61. The number of nitrogens with one attached hydrogen (secondary N) is 2. The summed E-state index contributed by atoms with van der Waals surface area (Å²) in [6.07, 6.45) is 0. The molecule has 0 saturated carbocycles. The third-order valence-electron chi connectivity index (χ3n) is 4.16. The van der Waals surface area contributed by atoms with Crippen molar-refractivity contribution in [3.05, 3.63) is 59.4 Å². The lowest BCUT2D eigenvalue weighted by atomic mass is 10.1. The highest BCUT2D eigenvalue weighted by Gasteiger charge is 2.16. The van der Waals surface area contributed by atoms with Crippen LogP contribution >= 0.6 is 0 Å². The molecule has 0 radical (unpaired) electrons. The molecule has 0 atom stereocenters. The molecule has 0 unspecified atom stereocenters. The molecule has 0 saturated heterocycles. The number of aromatic nitrogens is 2. The standard InChI is InChI=1S/C19H23FN4O2S/c1-13(2)23-27(25,26)12-15-7-5-4-6-14(15)11-21-19-22-17-9-8-16(20)10-18(17)24(19)3/h4-10,13,23H,11-12H2,1-3H3,(H,21,22). The maximum absolute atomic E-state index is 13.5. The van der Waals surface area contributed by atoms with Crippen LogP contribution in [0.3, 0.4) is 0 Å². The first kappa shape index (κ1) is 19.3. The largest absolute Gasteiger partial charge is 0.352 e. The fourth-order valence-electron chi connectivity index (χ4n) is 2.97. The number of sulfonamides is 1. The van der Waals surface area contributed by atoms with Gasteiger partial charge in [-0.25, -0.2) is 22.5 Å². The highest BCUT2D eigenvalue weighted by atomic mass is 32.2. The van der Waals surface area contributed by atoms with Gasteiger partial charge in [-0.2, -0.15) is 0 Å². The number of benzene rings is 2. The molecule has 144 valence electrons. The molecule has 3 rings (SSSR count). The van der Waals surface area contributed by atoms with E-state index >= 15 is 0 Å². The van der Waals surface area contributed by atoms with Crippen molar-refractivity contribution in [2.75, 3.05) is 5.32 Å². The van der Waals surface area contributed by atoms with Crippen LogP contribution in [-0.4, -0.2) is 24.0 Å². The van der Waals surface area contributed by atoms with Gasteiger partial charge in [0.05, 0.1) is 16.8 Å². The van der Waals surface area contributed by atoms with Crippen molar-refractivity contribution < 1.29 is 12.8 Å². The summed E-state index contributed by atoms with van der Waals surface area (Å²) in [5.74, 6) is 0.190. The Balaban J connectivity index is 1.80. The van der Waals surface area contributed by atoms with Gasteiger partial charge in [-0.1, -0.05) is 24.3 Å². The second-order valence-corrected chi connectivity index (χ2v) is 8.54. The highest BCUT2D eigenvalue weighted by Crippen LogP contribution is 2.20. The molecular weight excluding hydrogens is 367 g/mol. The Labute approximate surface area is 158 Å². The van der Waals surface area contributed by atoms with Crippen LogP contribution < -0.4 is 10.0 Å². The Bertz CT molecular complexity index is 1060. The quantitative estimate of drug-likeness (QED) is 0.650. The molecule has 0 aliphatic heterocycles. The molecule has 1 heterocycles. The van der Waals surface area contributed by atoms with E-state index in [1.807, 2.05) is 18.2 Å². The minimum absolute atomic E-state index is 0.0865. The first-order chi connectivity index (χ1) is 12.7. The number of hydrogen-bond donors (Lipinski definition) is 2. The Morgan fingerprint density at radius 1 is 1.15 bits per heavy atom. The van der Waals surface area contributed by atoms with E-state index in [2.05, 4.69) is 15.0 Å². The van der Waals surface area contributed by atoms with Gasteiger partial charge in [-0.05, 0) is 43.2 Å². The highest BCUT2D eigenvalue weighted by molar-refractivity contribution is 7.88. The van der Waals surface area contributed by atoms with E-state index in [0.717, 1.165) is 11.1 Å². The van der Waals surface area contributed by atoms with E-state index < -0.39 is 10.0 Å². The Morgan fingerprint density at radius 3 is 2.56 bits per heavy atom. The summed E-state index contributed by atoms with van der Waals surface area (Å²) in [5, 5.41) is 3.22. The van der Waals surface area contributed by atoms with Crippen molar-refractivity contribution in [3.8, 4) is 0 Å². The summed E-state index contributed by atoms with van der Waals surface area (Å²) in [6, 6.07) is 11.7. The molecule has 0 fully saturated rings. The molecule has 0 bridgehead atoms. The molecular formula is C19H23FN4O2S. The zero-order valence-electron chi connectivity index (χ0n) is 15.5. The van der Waals surface area contributed by atoms with Crippen molar-refractivity contribution in [2.24, 2.45) is 7.05 Å². The first-order valence-electron chi connectivity index (χ1n) is 8.68. The third kappa shape index (κ3) is 4.64. The predicted octanol–water partition coefficient (Wildman–Crippen LogP) is 3.15. The summed E-state index contributed by atoms with van der Waals surface area (Å²) in [4.78, 5) is 4.47. The summed E-state index contributed by atoms with van der Waals surface area (Å²) < 4.78 is 42.3. The van der Waals surface area contributed by atoms with Crippen molar-refractivity contribution >= 4 is 27.0 Å². The van der Waals surface area contributed by atoms with Crippen LogP contribution in [0.25, 0.3) is 11.0 Å². The van der Waals surface area contributed by atoms with E-state index in [0.29, 0.717) is 23.5 Å². The van der Waals surface area contributed by atoms with Crippen molar-refractivity contribution in [1.82, 2.24) is 14.3 Å². The van der Waals surface area contributed by atoms with Crippen LogP contribution in [0.1, 0.15) is 25.0 Å². The molecule has 2 N–H and O–H groups in total. The molecule has 27 heavy (non-hydrogen) atoms. The van der Waals surface area contributed by atoms with Gasteiger partial charge in [0, 0.05) is 19.6 Å². The maximum atomic E-state index is 13.5. The molecule has 3 aromatic rings. The first-order valence-corrected chi connectivity index (χ1v) is 10.3. The second-order valence-electron chi connectivity index (χ2n) is 6.78. The Kier molecular flexibility index (Phi) is 5.48. The lowest BCUT2D eigenvalue weighted by Gasteiger charge is -2.13. The van der Waals surface area contributed by atoms with Gasteiger partial charge in [0.15, 0.2) is 0 Å². The minimum atomic E-state index is -3.41. The number of rotatable bonds is 7. The fourth-order valence-corrected chi connectivity index (χ4v) is 4.46. The van der Waals surface area contributed by atoms with Gasteiger partial charge in [-0.15, -0.1) is 0 Å². The van der Waals surface area contributed by atoms with E-state index in [1.165, 1.54) is 12.1 Å². The zero-order valence-corrected chi connectivity index (χ0v) is 16.3. The number of imidazole rings is 1. The van der Waals surface area contributed by atoms with Crippen LogP contribution in [0.5, 0.6) is 0 Å². The van der Waals surface area contributed by atoms with Gasteiger partial charge in [0.25, 0.3) is 0 Å². The molecule has 8 heteroatoms. The number of nitrogens with zero attached hydrogens (tertiary/aromatic N) is 2. The second kappa shape index (κ2) is 7.66. The lowest BCUT2D eigenvalue weighted by Crippen LogP contribution is -2.31. The van der Waals surface area contributed by atoms with E-state index in [9.17, 15) is 12.8 Å². The van der Waals surface area contributed by atoms with Gasteiger partial charge in [-0.3, -0.25) is 0 Å². The van der Waals surface area contributed by atoms with E-state index in [-0.39, 0.29) is 17.6 Å². The van der Waals surface area contributed by atoms with E-state index in [4.69, 9.17) is 0 Å². The Hall–Kier alpha value is -2.45. The fraction of sp³-hybridized carbons (Fsp3) is 0.316. The van der Waals surface area contributed by atoms with Crippen LogP contribution in [0, 0.1) is 5.82 Å². The normalized spacial score (nSPS) is 12.0. The monoisotopic (exact) mass is 390 g/mol. The number of hydrogen-bond acceptors (Lipinski definition) is 4. The van der Waals surface area contributed by atoms with Crippen molar-refractivity contribution in [2.45, 2.75) is 32.2 Å². The Morgan fingerprint density at radius 2 is 1.85 bits per heavy atom. The number of aryl methyl sites for hydroxylation is 1. The number of anilines is 1. The van der Waals surface area contributed by atoms with Crippen molar-refractivity contribution in [1.29, 1.82) is 0 Å². The molecule has 1 aromatic heterocycles. The molecule has 0 amide bonds. The van der Waals surface area contributed by atoms with Crippen LogP contribution in [-0.2, 0) is 29.4 Å². The average molecular weight is 390 g/mol. The minimum Gasteiger partial charge on any atom is -0.352 e. The lowest BCUT2D eigenvalue weighted by molar-refractivity contribution is 0.569. The van der Waals surface area contributed by atoms with Crippen molar-refractivity contribution in [3.63, 3.8) is 0 Å². The molecule has 2 aromatic carbocycles. The van der Waals surface area contributed by atoms with Crippen LogP contribution in [0.2, 0.25) is 0 Å². The predicted molar refractivity (Wildman–Crippen MR) is 105 cm³/mol. The smallest absolute Gasteiger partial charge is 0.216 e. The summed E-state index contributed by atoms with van der Waals surface area (Å²) in [5.41, 5.74) is 2.97. The number of halogens is 1. The molecule has 0 aliphatic rings. The van der Waals surface area contributed by atoms with Gasteiger partial charge < -0.3 is 9.88 Å². The van der Waals surface area contributed by atoms with E-state index in [1.54, 1.807) is 37.6 Å². The molecule has 0 aliphatic carbocycles. The van der Waals surface area contributed by atoms with Gasteiger partial charge in [0.1, 0.15) is 5.82 Å². The molecule has 0 spiro atoms.